The van der Waals surface area contributed by atoms with Gasteiger partial charge in [-0.05, 0) is 37.5 Å². The average Bonchev–Trinajstić information content (AvgIpc) is 2.31. The molecular formula is C16H18ClN. The molecule has 0 spiro atoms. The summed E-state index contributed by atoms with van der Waals surface area (Å²) in [5.74, 6) is 0. The van der Waals surface area contributed by atoms with E-state index in [-0.39, 0.29) is 6.04 Å². The summed E-state index contributed by atoms with van der Waals surface area (Å²) in [7, 11) is 0. The van der Waals surface area contributed by atoms with Crippen LogP contribution in [0, 0.1) is 13.8 Å². The lowest BCUT2D eigenvalue weighted by Crippen LogP contribution is -2.14. The average molecular weight is 260 g/mol. The highest BCUT2D eigenvalue weighted by atomic mass is 35.5. The molecular weight excluding hydrogens is 242 g/mol. The topological polar surface area (TPSA) is 26.0 Å². The van der Waals surface area contributed by atoms with Crippen LogP contribution in [0.25, 0.3) is 0 Å². The van der Waals surface area contributed by atoms with Crippen LogP contribution < -0.4 is 5.73 Å². The van der Waals surface area contributed by atoms with Gasteiger partial charge in [-0.1, -0.05) is 59.1 Å². The van der Waals surface area contributed by atoms with E-state index in [0.29, 0.717) is 0 Å². The molecule has 0 aliphatic carbocycles. The number of hydrogen-bond donors (Lipinski definition) is 1. The second kappa shape index (κ2) is 5.55. The maximum absolute atomic E-state index is 6.28. The number of aryl methyl sites for hydroxylation is 2. The van der Waals surface area contributed by atoms with Gasteiger partial charge in [-0.2, -0.15) is 0 Å². The van der Waals surface area contributed by atoms with E-state index in [9.17, 15) is 0 Å². The molecule has 2 aromatic carbocycles. The lowest BCUT2D eigenvalue weighted by molar-refractivity contribution is 0.720. The van der Waals surface area contributed by atoms with Gasteiger partial charge in [-0.3, -0.25) is 0 Å². The summed E-state index contributed by atoms with van der Waals surface area (Å²) in [6, 6.07) is 14.3. The first kappa shape index (κ1) is 13.1. The third-order valence-electron chi connectivity index (χ3n) is 3.07. The van der Waals surface area contributed by atoms with Crippen LogP contribution in [-0.4, -0.2) is 0 Å². The number of hydrogen-bond acceptors (Lipinski definition) is 1. The largest absolute Gasteiger partial charge is 0.324 e. The second-order valence-electron chi connectivity index (χ2n) is 4.82. The molecule has 94 valence electrons. The zero-order valence-corrected chi connectivity index (χ0v) is 11.5. The summed E-state index contributed by atoms with van der Waals surface area (Å²) in [6.07, 6.45) is 0.766. The van der Waals surface area contributed by atoms with Gasteiger partial charge in [0.25, 0.3) is 0 Å². The molecule has 0 heterocycles. The molecule has 0 aliphatic rings. The van der Waals surface area contributed by atoms with Crippen molar-refractivity contribution >= 4 is 11.6 Å². The van der Waals surface area contributed by atoms with Crippen LogP contribution in [0.15, 0.2) is 42.5 Å². The number of nitrogens with two attached hydrogens (primary N) is 1. The normalized spacial score (nSPS) is 12.4. The van der Waals surface area contributed by atoms with Gasteiger partial charge in [0.15, 0.2) is 0 Å². The van der Waals surface area contributed by atoms with Gasteiger partial charge >= 0.3 is 0 Å². The van der Waals surface area contributed by atoms with Crippen LogP contribution in [0.1, 0.15) is 28.3 Å². The van der Waals surface area contributed by atoms with Gasteiger partial charge in [0.1, 0.15) is 0 Å². The van der Waals surface area contributed by atoms with Crippen molar-refractivity contribution < 1.29 is 0 Å². The highest BCUT2D eigenvalue weighted by Gasteiger charge is 2.10. The van der Waals surface area contributed by atoms with E-state index in [0.717, 1.165) is 17.0 Å². The minimum atomic E-state index is -0.0106. The Morgan fingerprint density at radius 2 is 1.67 bits per heavy atom. The minimum Gasteiger partial charge on any atom is -0.324 e. The first-order valence-corrected chi connectivity index (χ1v) is 6.51. The lowest BCUT2D eigenvalue weighted by Gasteiger charge is -2.14. The Morgan fingerprint density at radius 3 is 2.28 bits per heavy atom. The highest BCUT2D eigenvalue weighted by molar-refractivity contribution is 6.31. The Balaban J connectivity index is 2.22. The molecule has 18 heavy (non-hydrogen) atoms. The van der Waals surface area contributed by atoms with E-state index >= 15 is 0 Å². The smallest absolute Gasteiger partial charge is 0.0438 e. The second-order valence-corrected chi connectivity index (χ2v) is 5.23. The molecule has 0 saturated heterocycles. The number of rotatable bonds is 3. The Hall–Kier alpha value is -1.31. The maximum atomic E-state index is 6.28. The summed E-state index contributed by atoms with van der Waals surface area (Å²) in [5, 5.41) is 0.789. The summed E-state index contributed by atoms with van der Waals surface area (Å²) in [6.45, 7) is 4.19. The third-order valence-corrected chi connectivity index (χ3v) is 3.44. The van der Waals surface area contributed by atoms with Crippen LogP contribution in [0.4, 0.5) is 0 Å². The van der Waals surface area contributed by atoms with E-state index in [1.165, 1.54) is 16.7 Å². The minimum absolute atomic E-state index is 0.0106. The maximum Gasteiger partial charge on any atom is 0.0438 e. The fourth-order valence-corrected chi connectivity index (χ4v) is 2.46. The van der Waals surface area contributed by atoms with Gasteiger partial charge in [0.05, 0.1) is 0 Å². The highest BCUT2D eigenvalue weighted by Crippen LogP contribution is 2.23. The Bertz CT molecular complexity index is 528. The first-order chi connectivity index (χ1) is 8.56. The van der Waals surface area contributed by atoms with Crippen molar-refractivity contribution in [3.63, 3.8) is 0 Å². The van der Waals surface area contributed by atoms with E-state index in [4.69, 9.17) is 17.3 Å². The quantitative estimate of drug-likeness (QED) is 0.878. The summed E-state index contributed by atoms with van der Waals surface area (Å²) >= 11 is 6.16. The summed E-state index contributed by atoms with van der Waals surface area (Å²) in [5.41, 5.74) is 11.1. The Labute approximate surface area is 114 Å². The molecule has 0 bridgehead atoms. The molecule has 2 N–H and O–H groups in total. The van der Waals surface area contributed by atoms with Gasteiger partial charge in [0, 0.05) is 11.1 Å². The monoisotopic (exact) mass is 259 g/mol. The number of halogens is 1. The lowest BCUT2D eigenvalue weighted by atomic mass is 9.97. The van der Waals surface area contributed by atoms with Crippen molar-refractivity contribution in [2.75, 3.05) is 0 Å². The summed E-state index contributed by atoms with van der Waals surface area (Å²) in [4.78, 5) is 0. The van der Waals surface area contributed by atoms with Crippen LogP contribution in [0.5, 0.6) is 0 Å². The van der Waals surface area contributed by atoms with Crippen LogP contribution in [0.2, 0.25) is 5.02 Å². The van der Waals surface area contributed by atoms with Crippen molar-refractivity contribution in [3.05, 3.63) is 69.7 Å². The van der Waals surface area contributed by atoms with Gasteiger partial charge in [0.2, 0.25) is 0 Å². The van der Waals surface area contributed by atoms with Crippen LogP contribution >= 0.6 is 11.6 Å². The Kier molecular flexibility index (Phi) is 4.05. The third kappa shape index (κ3) is 3.12. The molecule has 1 atom stereocenters. The fourth-order valence-electron chi connectivity index (χ4n) is 2.24. The van der Waals surface area contributed by atoms with Crippen molar-refractivity contribution in [1.29, 1.82) is 0 Å². The zero-order chi connectivity index (χ0) is 13.1. The molecule has 0 amide bonds. The summed E-state index contributed by atoms with van der Waals surface area (Å²) < 4.78 is 0. The van der Waals surface area contributed by atoms with Gasteiger partial charge < -0.3 is 5.73 Å². The van der Waals surface area contributed by atoms with Crippen molar-refractivity contribution in [2.45, 2.75) is 26.3 Å². The molecule has 2 heteroatoms. The zero-order valence-electron chi connectivity index (χ0n) is 10.8. The molecule has 1 nitrogen and oxygen atoms in total. The van der Waals surface area contributed by atoms with Gasteiger partial charge in [-0.25, -0.2) is 0 Å². The predicted molar refractivity (Wildman–Crippen MR) is 78.0 cm³/mol. The number of benzene rings is 2. The Morgan fingerprint density at radius 1 is 1.06 bits per heavy atom. The standard InChI is InChI=1S/C16H18ClN/c1-11-7-12(2)9-14(8-11)16(18)10-13-5-3-4-6-15(13)17/h3-9,16H,10,18H2,1-2H3. The molecule has 0 saturated carbocycles. The molecule has 1 unspecified atom stereocenters. The fraction of sp³-hybridized carbons (Fsp3) is 0.250. The molecule has 0 aromatic heterocycles. The molecule has 0 aliphatic heterocycles. The van der Waals surface area contributed by atoms with E-state index in [2.05, 4.69) is 32.0 Å². The van der Waals surface area contributed by atoms with E-state index < -0.39 is 0 Å². The van der Waals surface area contributed by atoms with Gasteiger partial charge in [-0.15, -0.1) is 0 Å². The molecule has 0 radical (unpaired) electrons. The van der Waals surface area contributed by atoms with Crippen LogP contribution in [0.3, 0.4) is 0 Å². The van der Waals surface area contributed by atoms with Crippen LogP contribution in [-0.2, 0) is 6.42 Å². The molecule has 0 fully saturated rings. The SMILES string of the molecule is Cc1cc(C)cc(C(N)Cc2ccccc2Cl)c1. The first-order valence-electron chi connectivity index (χ1n) is 6.13. The van der Waals surface area contributed by atoms with Crippen molar-refractivity contribution in [1.82, 2.24) is 0 Å². The predicted octanol–water partition coefficient (Wildman–Crippen LogP) is 4.20. The van der Waals surface area contributed by atoms with Crippen molar-refractivity contribution in [3.8, 4) is 0 Å². The van der Waals surface area contributed by atoms with Crippen molar-refractivity contribution in [2.24, 2.45) is 5.73 Å². The molecule has 2 aromatic rings. The van der Waals surface area contributed by atoms with E-state index in [1.54, 1.807) is 0 Å². The molecule has 2 rings (SSSR count). The van der Waals surface area contributed by atoms with E-state index in [1.807, 2.05) is 24.3 Å².